The molecule has 4 nitrogen and oxygen atoms in total. The predicted octanol–water partition coefficient (Wildman–Crippen LogP) is 2.98. The molecule has 1 heterocycles. The second-order valence-electron chi connectivity index (χ2n) is 8.20. The van der Waals surface area contributed by atoms with Crippen molar-refractivity contribution >= 4 is 6.09 Å². The molecule has 2 saturated carbocycles. The van der Waals surface area contributed by atoms with Crippen LogP contribution in [0.4, 0.5) is 4.79 Å². The largest absolute Gasteiger partial charge is 0.444 e. The topological polar surface area (TPSA) is 32.8 Å². The summed E-state index contributed by atoms with van der Waals surface area (Å²) in [4.78, 5) is 16.5. The third-order valence-electron chi connectivity index (χ3n) is 5.40. The number of amides is 1. The first kappa shape index (κ1) is 15.1. The lowest BCUT2D eigenvalue weighted by atomic mass is 9.88. The van der Waals surface area contributed by atoms with Crippen LogP contribution in [0.2, 0.25) is 0 Å². The normalized spacial score (nSPS) is 33.5. The summed E-state index contributed by atoms with van der Waals surface area (Å²) in [5.41, 5.74) is -0.392. The van der Waals surface area contributed by atoms with E-state index in [4.69, 9.17) is 4.74 Å². The van der Waals surface area contributed by atoms with Crippen molar-refractivity contribution in [2.24, 2.45) is 17.8 Å². The highest BCUT2D eigenvalue weighted by atomic mass is 16.6. The van der Waals surface area contributed by atoms with E-state index in [1.165, 1.54) is 32.2 Å². The number of carbonyl (C=O) groups is 1. The van der Waals surface area contributed by atoms with Gasteiger partial charge in [-0.25, -0.2) is 4.79 Å². The van der Waals surface area contributed by atoms with Crippen LogP contribution in [0.25, 0.3) is 0 Å². The lowest BCUT2D eigenvalue weighted by Crippen LogP contribution is -2.51. The van der Waals surface area contributed by atoms with Crippen LogP contribution in [0, 0.1) is 17.8 Å². The molecule has 3 fully saturated rings. The monoisotopic (exact) mass is 294 g/mol. The molecule has 1 aliphatic heterocycles. The van der Waals surface area contributed by atoms with Gasteiger partial charge in [0.05, 0.1) is 0 Å². The smallest absolute Gasteiger partial charge is 0.410 e. The summed E-state index contributed by atoms with van der Waals surface area (Å²) in [5, 5.41) is 0. The van der Waals surface area contributed by atoms with Crippen LogP contribution in [-0.2, 0) is 4.74 Å². The third-order valence-corrected chi connectivity index (χ3v) is 5.40. The van der Waals surface area contributed by atoms with Crippen molar-refractivity contribution in [1.29, 1.82) is 0 Å². The van der Waals surface area contributed by atoms with Gasteiger partial charge in [-0.1, -0.05) is 6.42 Å². The van der Waals surface area contributed by atoms with Gasteiger partial charge >= 0.3 is 6.09 Å². The van der Waals surface area contributed by atoms with E-state index in [-0.39, 0.29) is 6.09 Å². The minimum Gasteiger partial charge on any atom is -0.444 e. The van der Waals surface area contributed by atoms with E-state index < -0.39 is 5.60 Å². The van der Waals surface area contributed by atoms with Gasteiger partial charge in [0, 0.05) is 32.7 Å². The van der Waals surface area contributed by atoms with Crippen molar-refractivity contribution in [3.63, 3.8) is 0 Å². The van der Waals surface area contributed by atoms with E-state index >= 15 is 0 Å². The number of hydrogen-bond donors (Lipinski definition) is 0. The zero-order valence-electron chi connectivity index (χ0n) is 13.8. The molecule has 4 heteroatoms. The molecule has 3 rings (SSSR count). The molecule has 0 N–H and O–H groups in total. The Morgan fingerprint density at radius 3 is 2.33 bits per heavy atom. The van der Waals surface area contributed by atoms with Crippen molar-refractivity contribution in [2.75, 3.05) is 32.7 Å². The Labute approximate surface area is 128 Å². The van der Waals surface area contributed by atoms with Gasteiger partial charge in [-0.05, 0) is 57.8 Å². The third kappa shape index (κ3) is 3.71. The van der Waals surface area contributed by atoms with Gasteiger partial charge in [-0.2, -0.15) is 0 Å². The Bertz CT molecular complexity index is 383. The maximum Gasteiger partial charge on any atom is 0.410 e. The van der Waals surface area contributed by atoms with Crippen molar-refractivity contribution < 1.29 is 9.53 Å². The Kier molecular flexibility index (Phi) is 4.17. The van der Waals surface area contributed by atoms with Crippen LogP contribution < -0.4 is 0 Å². The Hall–Kier alpha value is -0.770. The zero-order chi connectivity index (χ0) is 15.0. The maximum absolute atomic E-state index is 12.1. The Balaban J connectivity index is 1.42. The molecule has 3 unspecified atom stereocenters. The summed E-state index contributed by atoms with van der Waals surface area (Å²) in [7, 11) is 0. The van der Waals surface area contributed by atoms with Gasteiger partial charge in [0.25, 0.3) is 0 Å². The average molecular weight is 294 g/mol. The molecule has 21 heavy (non-hydrogen) atoms. The van der Waals surface area contributed by atoms with Gasteiger partial charge in [0.1, 0.15) is 5.60 Å². The van der Waals surface area contributed by atoms with Gasteiger partial charge < -0.3 is 9.64 Å². The molecular weight excluding hydrogens is 264 g/mol. The predicted molar refractivity (Wildman–Crippen MR) is 83.2 cm³/mol. The minimum absolute atomic E-state index is 0.151. The molecule has 2 bridgehead atoms. The average Bonchev–Trinajstić information content (AvgIpc) is 3.00. The fourth-order valence-electron chi connectivity index (χ4n) is 4.37. The minimum atomic E-state index is -0.392. The molecule has 0 spiro atoms. The van der Waals surface area contributed by atoms with Gasteiger partial charge in [0.15, 0.2) is 0 Å². The molecule has 120 valence electrons. The first-order valence-corrected chi connectivity index (χ1v) is 8.61. The number of rotatable bonds is 2. The van der Waals surface area contributed by atoms with Crippen LogP contribution in [-0.4, -0.2) is 54.2 Å². The SMILES string of the molecule is CC(C)(C)OC(=O)N1CCN(CC2CC3CCC2C3)CC1. The molecule has 0 aromatic heterocycles. The summed E-state index contributed by atoms with van der Waals surface area (Å²) >= 11 is 0. The van der Waals surface area contributed by atoms with Crippen molar-refractivity contribution in [2.45, 2.75) is 52.1 Å². The Morgan fingerprint density at radius 1 is 1.10 bits per heavy atom. The van der Waals surface area contributed by atoms with Gasteiger partial charge in [0.2, 0.25) is 0 Å². The second kappa shape index (κ2) is 5.79. The van der Waals surface area contributed by atoms with Crippen molar-refractivity contribution in [1.82, 2.24) is 9.80 Å². The number of ether oxygens (including phenoxy) is 1. The van der Waals surface area contributed by atoms with Gasteiger partial charge in [-0.15, -0.1) is 0 Å². The number of nitrogens with zero attached hydrogens (tertiary/aromatic N) is 2. The van der Waals surface area contributed by atoms with Crippen LogP contribution in [0.5, 0.6) is 0 Å². The molecule has 3 atom stereocenters. The molecule has 2 aliphatic carbocycles. The van der Waals surface area contributed by atoms with E-state index in [0.29, 0.717) is 0 Å². The van der Waals surface area contributed by atoms with E-state index in [1.54, 1.807) is 0 Å². The Morgan fingerprint density at radius 2 is 1.81 bits per heavy atom. The standard InChI is InChI=1S/C17H30N2O2/c1-17(2,3)21-16(20)19-8-6-18(7-9-19)12-15-11-13-4-5-14(15)10-13/h13-15H,4-12H2,1-3H3. The van der Waals surface area contributed by atoms with E-state index in [1.807, 2.05) is 25.7 Å². The number of carbonyl (C=O) groups excluding carboxylic acids is 1. The van der Waals surface area contributed by atoms with Crippen LogP contribution >= 0.6 is 0 Å². The number of fused-ring (bicyclic) bond motifs is 2. The highest BCUT2D eigenvalue weighted by molar-refractivity contribution is 5.68. The quantitative estimate of drug-likeness (QED) is 0.785. The molecule has 0 aromatic carbocycles. The molecule has 1 amide bonds. The highest BCUT2D eigenvalue weighted by Crippen LogP contribution is 2.48. The van der Waals surface area contributed by atoms with Crippen molar-refractivity contribution in [3.05, 3.63) is 0 Å². The summed E-state index contributed by atoms with van der Waals surface area (Å²) in [6.07, 6.45) is 5.74. The van der Waals surface area contributed by atoms with Crippen LogP contribution in [0.1, 0.15) is 46.5 Å². The summed E-state index contributed by atoms with van der Waals surface area (Å²) in [6, 6.07) is 0. The van der Waals surface area contributed by atoms with Crippen LogP contribution in [0.3, 0.4) is 0 Å². The molecule has 1 saturated heterocycles. The van der Waals surface area contributed by atoms with Crippen molar-refractivity contribution in [3.8, 4) is 0 Å². The van der Waals surface area contributed by atoms with E-state index in [2.05, 4.69) is 4.90 Å². The molecular formula is C17H30N2O2. The molecule has 0 radical (unpaired) electrons. The van der Waals surface area contributed by atoms with Gasteiger partial charge in [-0.3, -0.25) is 4.90 Å². The lowest BCUT2D eigenvalue weighted by Gasteiger charge is -2.37. The van der Waals surface area contributed by atoms with E-state index in [0.717, 1.165) is 43.9 Å². The summed E-state index contributed by atoms with van der Waals surface area (Å²) < 4.78 is 5.45. The van der Waals surface area contributed by atoms with Crippen LogP contribution in [0.15, 0.2) is 0 Å². The fourth-order valence-corrected chi connectivity index (χ4v) is 4.37. The number of hydrogen-bond acceptors (Lipinski definition) is 3. The first-order valence-electron chi connectivity index (χ1n) is 8.61. The summed E-state index contributed by atoms with van der Waals surface area (Å²) in [5.74, 6) is 2.96. The first-order chi connectivity index (χ1) is 9.90. The molecule has 3 aliphatic rings. The summed E-state index contributed by atoms with van der Waals surface area (Å²) in [6.45, 7) is 10.7. The lowest BCUT2D eigenvalue weighted by molar-refractivity contribution is 0.0125. The zero-order valence-corrected chi connectivity index (χ0v) is 13.8. The molecule has 0 aromatic rings. The highest BCUT2D eigenvalue weighted by Gasteiger charge is 2.40. The maximum atomic E-state index is 12.1. The van der Waals surface area contributed by atoms with E-state index in [9.17, 15) is 4.79 Å². The fraction of sp³-hybridized carbons (Fsp3) is 0.941. The second-order valence-corrected chi connectivity index (χ2v) is 8.20. The number of piperazine rings is 1.